The van der Waals surface area contributed by atoms with Crippen LogP contribution in [-0.2, 0) is 0 Å². The van der Waals surface area contributed by atoms with Gasteiger partial charge in [0.05, 0.1) is 12.4 Å². The van der Waals surface area contributed by atoms with Crippen LogP contribution in [-0.4, -0.2) is 12.4 Å². The molecular weight excluding hydrogens is 292 g/mol. The number of hydrogen-bond donors (Lipinski definition) is 0. The van der Waals surface area contributed by atoms with Gasteiger partial charge in [0.2, 0.25) is 0 Å². The zero-order chi connectivity index (χ0) is 16.8. The number of hydrogen-bond acceptors (Lipinski definition) is 2. The van der Waals surface area contributed by atoms with Gasteiger partial charge in [-0.3, -0.25) is 0 Å². The number of benzene rings is 2. The van der Waals surface area contributed by atoms with Gasteiger partial charge in [-0.2, -0.15) is 10.2 Å². The molecule has 2 heteroatoms. The van der Waals surface area contributed by atoms with Crippen LogP contribution in [0.2, 0.25) is 0 Å². The average Bonchev–Trinajstić information content (AvgIpc) is 2.62. The van der Waals surface area contributed by atoms with E-state index in [1.165, 1.54) is 36.8 Å². The molecule has 2 aromatic carbocycles. The average molecular weight is 318 g/mol. The van der Waals surface area contributed by atoms with E-state index in [2.05, 4.69) is 60.4 Å². The molecule has 3 rings (SSSR count). The van der Waals surface area contributed by atoms with Crippen molar-refractivity contribution < 1.29 is 0 Å². The Kier molecular flexibility index (Phi) is 5.58. The Hall–Kier alpha value is -2.22. The van der Waals surface area contributed by atoms with Crippen LogP contribution in [0.25, 0.3) is 0 Å². The van der Waals surface area contributed by atoms with Crippen molar-refractivity contribution in [2.24, 2.45) is 16.1 Å². The van der Waals surface area contributed by atoms with Crippen molar-refractivity contribution in [3.63, 3.8) is 0 Å². The quantitative estimate of drug-likeness (QED) is 0.507. The second kappa shape index (κ2) is 8.05. The summed E-state index contributed by atoms with van der Waals surface area (Å²) in [4.78, 5) is 0. The van der Waals surface area contributed by atoms with Crippen LogP contribution in [0.1, 0.15) is 60.8 Å². The summed E-state index contributed by atoms with van der Waals surface area (Å²) in [5.74, 6) is 1.64. The maximum Gasteiger partial charge on any atom is 0.0568 e. The van der Waals surface area contributed by atoms with Gasteiger partial charge in [-0.05, 0) is 48.3 Å². The van der Waals surface area contributed by atoms with Crippen molar-refractivity contribution in [1.29, 1.82) is 0 Å². The Morgan fingerprint density at radius 3 is 1.79 bits per heavy atom. The number of nitrogens with zero attached hydrogens (tertiary/aromatic N) is 2. The molecule has 2 nitrogen and oxygen atoms in total. The molecule has 24 heavy (non-hydrogen) atoms. The van der Waals surface area contributed by atoms with Crippen LogP contribution in [0, 0.1) is 12.8 Å². The van der Waals surface area contributed by atoms with Gasteiger partial charge in [0.15, 0.2) is 0 Å². The standard InChI is InChI=1S/C22H26N2/c1-17-3-7-19(8-4-17)15-23-24-16-20-9-13-22(14-10-20)21-11-5-18(2)6-12-21/h3-4,7-10,13-16,18,21H,5-6,11-12H2,1-2H3/b23-15+,24-16+. The van der Waals surface area contributed by atoms with E-state index in [0.717, 1.165) is 23.0 Å². The van der Waals surface area contributed by atoms with E-state index in [1.807, 2.05) is 18.3 Å². The summed E-state index contributed by atoms with van der Waals surface area (Å²) in [6.45, 7) is 4.45. The highest BCUT2D eigenvalue weighted by molar-refractivity contribution is 5.82. The molecule has 1 saturated carbocycles. The normalized spacial score (nSPS) is 21.6. The molecule has 124 valence electrons. The Morgan fingerprint density at radius 1 is 0.750 bits per heavy atom. The lowest BCUT2D eigenvalue weighted by Gasteiger charge is -2.26. The molecule has 0 aliphatic heterocycles. The third-order valence-corrected chi connectivity index (χ3v) is 4.98. The van der Waals surface area contributed by atoms with E-state index in [4.69, 9.17) is 0 Å². The minimum atomic E-state index is 0.742. The van der Waals surface area contributed by atoms with Gasteiger partial charge >= 0.3 is 0 Å². The van der Waals surface area contributed by atoms with Gasteiger partial charge in [-0.25, -0.2) is 0 Å². The monoisotopic (exact) mass is 318 g/mol. The van der Waals surface area contributed by atoms with Crippen molar-refractivity contribution >= 4 is 12.4 Å². The first-order valence-corrected chi connectivity index (χ1v) is 8.94. The highest BCUT2D eigenvalue weighted by Gasteiger charge is 2.19. The van der Waals surface area contributed by atoms with Crippen LogP contribution in [0.3, 0.4) is 0 Å². The minimum absolute atomic E-state index is 0.742. The smallest absolute Gasteiger partial charge is 0.0568 e. The Morgan fingerprint density at radius 2 is 1.25 bits per heavy atom. The van der Waals surface area contributed by atoms with Gasteiger partial charge in [0.1, 0.15) is 0 Å². The van der Waals surface area contributed by atoms with Crippen LogP contribution < -0.4 is 0 Å². The van der Waals surface area contributed by atoms with Gasteiger partial charge in [-0.15, -0.1) is 0 Å². The number of rotatable bonds is 4. The van der Waals surface area contributed by atoms with E-state index in [-0.39, 0.29) is 0 Å². The summed E-state index contributed by atoms with van der Waals surface area (Å²) in [6.07, 6.45) is 8.99. The fraction of sp³-hybridized carbons (Fsp3) is 0.364. The summed E-state index contributed by atoms with van der Waals surface area (Å²) in [5.41, 5.74) is 4.90. The molecule has 0 N–H and O–H groups in total. The van der Waals surface area contributed by atoms with E-state index in [9.17, 15) is 0 Å². The van der Waals surface area contributed by atoms with Crippen molar-refractivity contribution in [3.05, 3.63) is 70.8 Å². The third kappa shape index (κ3) is 4.64. The van der Waals surface area contributed by atoms with Crippen molar-refractivity contribution in [3.8, 4) is 0 Å². The first-order valence-electron chi connectivity index (χ1n) is 8.94. The summed E-state index contributed by atoms with van der Waals surface area (Å²) in [6, 6.07) is 17.1. The second-order valence-electron chi connectivity index (χ2n) is 7.02. The van der Waals surface area contributed by atoms with Crippen molar-refractivity contribution in [2.75, 3.05) is 0 Å². The summed E-state index contributed by atoms with van der Waals surface area (Å²) >= 11 is 0. The summed E-state index contributed by atoms with van der Waals surface area (Å²) < 4.78 is 0. The molecule has 1 fully saturated rings. The molecule has 0 spiro atoms. The van der Waals surface area contributed by atoms with Crippen molar-refractivity contribution in [2.45, 2.75) is 45.4 Å². The van der Waals surface area contributed by atoms with E-state index >= 15 is 0 Å². The Balaban J connectivity index is 1.56. The molecule has 0 amide bonds. The lowest BCUT2D eigenvalue weighted by molar-refractivity contribution is 0.348. The topological polar surface area (TPSA) is 24.7 Å². The van der Waals surface area contributed by atoms with E-state index in [1.54, 1.807) is 6.21 Å². The lowest BCUT2D eigenvalue weighted by Crippen LogP contribution is -2.10. The van der Waals surface area contributed by atoms with E-state index in [0.29, 0.717) is 0 Å². The fourth-order valence-electron chi connectivity index (χ4n) is 3.30. The molecule has 0 aromatic heterocycles. The van der Waals surface area contributed by atoms with Gasteiger partial charge in [0.25, 0.3) is 0 Å². The molecular formula is C22H26N2. The summed E-state index contributed by atoms with van der Waals surface area (Å²) in [5, 5.41) is 8.29. The highest BCUT2D eigenvalue weighted by atomic mass is 15.2. The Bertz CT molecular complexity index is 688. The van der Waals surface area contributed by atoms with Crippen LogP contribution in [0.5, 0.6) is 0 Å². The zero-order valence-electron chi connectivity index (χ0n) is 14.7. The molecule has 0 atom stereocenters. The SMILES string of the molecule is Cc1ccc(/C=N/N=C/c2ccc(C3CCC(C)CC3)cc2)cc1. The van der Waals surface area contributed by atoms with Gasteiger partial charge in [0, 0.05) is 0 Å². The molecule has 0 heterocycles. The first kappa shape index (κ1) is 16.6. The molecule has 0 bridgehead atoms. The lowest BCUT2D eigenvalue weighted by atomic mass is 9.79. The Labute approximate surface area is 145 Å². The predicted molar refractivity (Wildman–Crippen MR) is 103 cm³/mol. The van der Waals surface area contributed by atoms with Gasteiger partial charge in [-0.1, -0.05) is 73.9 Å². The molecule has 0 radical (unpaired) electrons. The maximum absolute atomic E-state index is 4.16. The van der Waals surface area contributed by atoms with E-state index < -0.39 is 0 Å². The largest absolute Gasteiger partial charge is 0.159 e. The summed E-state index contributed by atoms with van der Waals surface area (Å²) in [7, 11) is 0. The van der Waals surface area contributed by atoms with Crippen LogP contribution >= 0.6 is 0 Å². The number of aryl methyl sites for hydroxylation is 1. The zero-order valence-corrected chi connectivity index (χ0v) is 14.7. The van der Waals surface area contributed by atoms with Crippen LogP contribution in [0.15, 0.2) is 58.7 Å². The molecule has 2 aromatic rings. The maximum atomic E-state index is 4.16. The first-order chi connectivity index (χ1) is 11.7. The molecule has 0 unspecified atom stereocenters. The second-order valence-corrected chi connectivity index (χ2v) is 7.02. The minimum Gasteiger partial charge on any atom is -0.159 e. The molecule has 0 saturated heterocycles. The fourth-order valence-corrected chi connectivity index (χ4v) is 3.30. The highest BCUT2D eigenvalue weighted by Crippen LogP contribution is 2.35. The van der Waals surface area contributed by atoms with Crippen LogP contribution in [0.4, 0.5) is 0 Å². The van der Waals surface area contributed by atoms with Gasteiger partial charge < -0.3 is 0 Å². The third-order valence-electron chi connectivity index (χ3n) is 4.98. The molecule has 1 aliphatic rings. The molecule has 1 aliphatic carbocycles. The van der Waals surface area contributed by atoms with Crippen molar-refractivity contribution in [1.82, 2.24) is 0 Å². The predicted octanol–water partition coefficient (Wildman–Crippen LogP) is 5.74.